The molecule has 2 nitrogen and oxygen atoms in total. The molecule has 0 spiro atoms. The average molecular weight is 376 g/mol. The molecule has 2 heterocycles. The van der Waals surface area contributed by atoms with Crippen LogP contribution in [0.15, 0.2) is 97.1 Å². The molecule has 2 aromatic heterocycles. The second-order valence-corrected chi connectivity index (χ2v) is 7.93. The third-order valence-electron chi connectivity index (χ3n) is 5.22. The fourth-order valence-electron chi connectivity index (χ4n) is 3.96. The van der Waals surface area contributed by atoms with Crippen molar-refractivity contribution in [1.29, 1.82) is 0 Å². The van der Waals surface area contributed by atoms with Gasteiger partial charge in [-0.15, -0.1) is 11.3 Å². The van der Waals surface area contributed by atoms with Gasteiger partial charge in [0.05, 0.1) is 21.4 Å². The standard InChI is InChI=1S/C25H16N2S/c1-2-9-17(10-3-1)25-26-20-13-5-6-14-21(20)27(25)22-15-8-12-19-18-11-4-7-16-23(18)28-24(19)22/h1-16H. The summed E-state index contributed by atoms with van der Waals surface area (Å²) in [6.07, 6.45) is 0. The molecule has 0 atom stereocenters. The van der Waals surface area contributed by atoms with Gasteiger partial charge < -0.3 is 0 Å². The number of rotatable bonds is 2. The first-order chi connectivity index (χ1) is 13.9. The zero-order chi connectivity index (χ0) is 18.5. The summed E-state index contributed by atoms with van der Waals surface area (Å²) in [4.78, 5) is 4.99. The van der Waals surface area contributed by atoms with Crippen LogP contribution in [0.5, 0.6) is 0 Å². The van der Waals surface area contributed by atoms with Crippen LogP contribution in [0.1, 0.15) is 0 Å². The number of imidazole rings is 1. The van der Waals surface area contributed by atoms with E-state index in [0.29, 0.717) is 0 Å². The van der Waals surface area contributed by atoms with Crippen LogP contribution in [-0.2, 0) is 0 Å². The van der Waals surface area contributed by atoms with E-state index in [-0.39, 0.29) is 0 Å². The number of aromatic nitrogens is 2. The molecule has 0 amide bonds. The van der Waals surface area contributed by atoms with Gasteiger partial charge in [0.1, 0.15) is 5.82 Å². The summed E-state index contributed by atoms with van der Waals surface area (Å²) < 4.78 is 4.92. The first-order valence-electron chi connectivity index (χ1n) is 9.34. The van der Waals surface area contributed by atoms with Crippen LogP contribution in [0.2, 0.25) is 0 Å². The Kier molecular flexibility index (Phi) is 3.37. The van der Waals surface area contributed by atoms with Gasteiger partial charge in [-0.2, -0.15) is 0 Å². The van der Waals surface area contributed by atoms with Gasteiger partial charge in [0.25, 0.3) is 0 Å². The molecule has 0 aliphatic rings. The second kappa shape index (κ2) is 6.04. The smallest absolute Gasteiger partial charge is 0.145 e. The Labute approximate surface area is 166 Å². The molecule has 4 aromatic carbocycles. The van der Waals surface area contributed by atoms with E-state index in [0.717, 1.165) is 22.4 Å². The van der Waals surface area contributed by atoms with Crippen molar-refractivity contribution in [3.05, 3.63) is 97.1 Å². The number of nitrogens with zero attached hydrogens (tertiary/aromatic N) is 2. The zero-order valence-electron chi connectivity index (χ0n) is 15.0. The van der Waals surface area contributed by atoms with Crippen molar-refractivity contribution >= 4 is 42.5 Å². The van der Waals surface area contributed by atoms with Crippen molar-refractivity contribution in [2.45, 2.75) is 0 Å². The van der Waals surface area contributed by atoms with Crippen molar-refractivity contribution in [3.8, 4) is 17.1 Å². The van der Waals surface area contributed by atoms with Crippen LogP contribution in [0.25, 0.3) is 48.3 Å². The van der Waals surface area contributed by atoms with E-state index in [2.05, 4.69) is 95.6 Å². The van der Waals surface area contributed by atoms with Gasteiger partial charge in [0, 0.05) is 21.0 Å². The van der Waals surface area contributed by atoms with E-state index in [4.69, 9.17) is 4.98 Å². The summed E-state index contributed by atoms with van der Waals surface area (Å²) in [6, 6.07) is 34.0. The molecule has 6 aromatic rings. The SMILES string of the molecule is c1ccc(-c2nc3ccccc3n2-c2cccc3c2sc2ccccc23)cc1. The average Bonchev–Trinajstić information content (AvgIpc) is 3.33. The lowest BCUT2D eigenvalue weighted by Gasteiger charge is -2.11. The molecule has 0 aliphatic heterocycles. The molecule has 0 saturated carbocycles. The zero-order valence-corrected chi connectivity index (χ0v) is 15.9. The molecule has 0 N–H and O–H groups in total. The maximum Gasteiger partial charge on any atom is 0.145 e. The molecule has 0 fully saturated rings. The lowest BCUT2D eigenvalue weighted by molar-refractivity contribution is 1.12. The number of hydrogen-bond acceptors (Lipinski definition) is 2. The fraction of sp³-hybridized carbons (Fsp3) is 0. The highest BCUT2D eigenvalue weighted by atomic mass is 32.1. The number of para-hydroxylation sites is 2. The van der Waals surface area contributed by atoms with E-state index >= 15 is 0 Å². The van der Waals surface area contributed by atoms with Gasteiger partial charge in [-0.1, -0.05) is 72.8 Å². The van der Waals surface area contributed by atoms with Crippen LogP contribution >= 0.6 is 11.3 Å². The molecule has 0 saturated heterocycles. The number of fused-ring (bicyclic) bond motifs is 4. The molecule has 0 radical (unpaired) electrons. The topological polar surface area (TPSA) is 17.8 Å². The Morgan fingerprint density at radius 1 is 0.643 bits per heavy atom. The highest BCUT2D eigenvalue weighted by Gasteiger charge is 2.17. The van der Waals surface area contributed by atoms with Crippen LogP contribution in [-0.4, -0.2) is 9.55 Å². The van der Waals surface area contributed by atoms with E-state index in [1.54, 1.807) is 0 Å². The number of thiophene rings is 1. The molecule has 0 bridgehead atoms. The van der Waals surface area contributed by atoms with Gasteiger partial charge in [-0.05, 0) is 24.3 Å². The van der Waals surface area contributed by atoms with Crippen molar-refractivity contribution < 1.29 is 0 Å². The predicted molar refractivity (Wildman–Crippen MR) is 119 cm³/mol. The third kappa shape index (κ3) is 2.23. The van der Waals surface area contributed by atoms with Crippen molar-refractivity contribution in [3.63, 3.8) is 0 Å². The lowest BCUT2D eigenvalue weighted by Crippen LogP contribution is -1.97. The van der Waals surface area contributed by atoms with Gasteiger partial charge in [0.2, 0.25) is 0 Å². The first-order valence-corrected chi connectivity index (χ1v) is 10.2. The largest absolute Gasteiger partial charge is 0.291 e. The van der Waals surface area contributed by atoms with Crippen molar-refractivity contribution in [2.24, 2.45) is 0 Å². The van der Waals surface area contributed by atoms with E-state index < -0.39 is 0 Å². The molecular formula is C25H16N2S. The van der Waals surface area contributed by atoms with Crippen molar-refractivity contribution in [2.75, 3.05) is 0 Å². The molecule has 6 rings (SSSR count). The monoisotopic (exact) mass is 376 g/mol. The third-order valence-corrected chi connectivity index (χ3v) is 6.43. The first kappa shape index (κ1) is 15.6. The minimum absolute atomic E-state index is 0.978. The van der Waals surface area contributed by atoms with Gasteiger partial charge in [-0.25, -0.2) is 4.98 Å². The minimum Gasteiger partial charge on any atom is -0.291 e. The lowest BCUT2D eigenvalue weighted by atomic mass is 10.1. The van der Waals surface area contributed by atoms with E-state index in [9.17, 15) is 0 Å². The van der Waals surface area contributed by atoms with Gasteiger partial charge in [-0.3, -0.25) is 4.57 Å². The normalized spacial score (nSPS) is 11.6. The fourth-order valence-corrected chi connectivity index (χ4v) is 5.17. The molecule has 0 unspecified atom stereocenters. The highest BCUT2D eigenvalue weighted by Crippen LogP contribution is 2.39. The summed E-state index contributed by atoms with van der Waals surface area (Å²) in [6.45, 7) is 0. The number of hydrogen-bond donors (Lipinski definition) is 0. The van der Waals surface area contributed by atoms with Gasteiger partial charge in [0.15, 0.2) is 0 Å². The summed E-state index contributed by atoms with van der Waals surface area (Å²) in [5.74, 6) is 0.978. The Morgan fingerprint density at radius 2 is 1.39 bits per heavy atom. The molecule has 132 valence electrons. The number of benzene rings is 4. The van der Waals surface area contributed by atoms with Crippen LogP contribution in [0, 0.1) is 0 Å². The van der Waals surface area contributed by atoms with Gasteiger partial charge >= 0.3 is 0 Å². The van der Waals surface area contributed by atoms with E-state index in [1.165, 1.54) is 25.9 Å². The quantitative estimate of drug-likeness (QED) is 0.316. The molecule has 0 aliphatic carbocycles. The predicted octanol–water partition coefficient (Wildman–Crippen LogP) is 7.06. The maximum absolute atomic E-state index is 4.99. The molecule has 28 heavy (non-hydrogen) atoms. The maximum atomic E-state index is 4.99. The molecular weight excluding hydrogens is 360 g/mol. The Balaban J connectivity index is 1.76. The highest BCUT2D eigenvalue weighted by molar-refractivity contribution is 7.26. The summed E-state index contributed by atoms with van der Waals surface area (Å²) in [7, 11) is 0. The van der Waals surface area contributed by atoms with Crippen molar-refractivity contribution in [1.82, 2.24) is 9.55 Å². The van der Waals surface area contributed by atoms with E-state index in [1.807, 2.05) is 17.4 Å². The summed E-state index contributed by atoms with van der Waals surface area (Å²) >= 11 is 1.85. The minimum atomic E-state index is 0.978. The second-order valence-electron chi connectivity index (χ2n) is 6.88. The summed E-state index contributed by atoms with van der Waals surface area (Å²) in [5, 5.41) is 2.62. The Hall–Kier alpha value is -3.43. The Morgan fingerprint density at radius 3 is 2.32 bits per heavy atom. The van der Waals surface area contributed by atoms with Crippen LogP contribution < -0.4 is 0 Å². The summed E-state index contributed by atoms with van der Waals surface area (Å²) in [5.41, 5.74) is 4.45. The molecule has 3 heteroatoms. The Bertz CT molecular complexity index is 1460. The van der Waals surface area contributed by atoms with Crippen LogP contribution in [0.4, 0.5) is 0 Å². The van der Waals surface area contributed by atoms with Crippen LogP contribution in [0.3, 0.4) is 0 Å².